The molecule has 0 radical (unpaired) electrons. The van der Waals surface area contributed by atoms with Crippen LogP contribution in [-0.4, -0.2) is 19.2 Å². The molecule has 0 aliphatic carbocycles. The molecule has 0 spiro atoms. The van der Waals surface area contributed by atoms with Crippen LogP contribution < -0.4 is 14.9 Å². The number of carbonyl (C=O) groups excluding carboxylic acids is 1. The molecule has 0 saturated carbocycles. The Morgan fingerprint density at radius 3 is 2.36 bits per heavy atom. The third-order valence-electron chi connectivity index (χ3n) is 5.37. The predicted octanol–water partition coefficient (Wildman–Crippen LogP) is 6.00. The summed E-state index contributed by atoms with van der Waals surface area (Å²) in [5.41, 5.74) is 5.02. The molecule has 0 bridgehead atoms. The number of hydrazone groups is 1. The number of fused-ring (bicyclic) bond motifs is 2. The number of nitrogens with one attached hydrogen (secondary N) is 1. The summed E-state index contributed by atoms with van der Waals surface area (Å²) in [6.07, 6.45) is 1.46. The molecule has 33 heavy (non-hydrogen) atoms. The first kappa shape index (κ1) is 20.8. The number of hydrogen-bond acceptors (Lipinski definition) is 5. The molecule has 1 amide bonds. The molecule has 7 heteroatoms. The van der Waals surface area contributed by atoms with Gasteiger partial charge < -0.3 is 13.9 Å². The number of ether oxygens (including phenoxy) is 2. The van der Waals surface area contributed by atoms with E-state index in [4.69, 9.17) is 25.5 Å². The second-order valence-corrected chi connectivity index (χ2v) is 7.80. The maximum absolute atomic E-state index is 13.1. The van der Waals surface area contributed by atoms with Crippen molar-refractivity contribution < 1.29 is 18.7 Å². The van der Waals surface area contributed by atoms with Crippen LogP contribution in [-0.2, 0) is 4.79 Å². The number of carbonyl (C=O) groups is 1. The number of halogens is 1. The molecule has 1 aromatic heterocycles. The number of amides is 1. The van der Waals surface area contributed by atoms with E-state index >= 15 is 0 Å². The van der Waals surface area contributed by atoms with Crippen molar-refractivity contribution in [3.05, 3.63) is 101 Å². The van der Waals surface area contributed by atoms with Gasteiger partial charge >= 0.3 is 0 Å². The molecular weight excluding hydrogens is 440 g/mol. The molecule has 0 saturated heterocycles. The van der Waals surface area contributed by atoms with Crippen molar-refractivity contribution in [2.75, 3.05) is 7.11 Å². The molecule has 1 N–H and O–H groups in total. The molecule has 4 aromatic rings. The minimum atomic E-state index is -0.531. The Morgan fingerprint density at radius 2 is 1.70 bits per heavy atom. The Morgan fingerprint density at radius 1 is 1.00 bits per heavy atom. The van der Waals surface area contributed by atoms with E-state index in [-0.39, 0.29) is 5.91 Å². The topological polar surface area (TPSA) is 73.1 Å². The average Bonchev–Trinajstić information content (AvgIpc) is 3.31. The fourth-order valence-electron chi connectivity index (χ4n) is 3.81. The molecule has 0 atom stereocenters. The number of furan rings is 1. The quantitative estimate of drug-likeness (QED) is 0.294. The van der Waals surface area contributed by atoms with Crippen molar-refractivity contribution in [3.63, 3.8) is 0 Å². The number of hydrogen-bond donors (Lipinski definition) is 1. The minimum Gasteiger partial charge on any atom is -0.495 e. The molecule has 3 aromatic carbocycles. The smallest absolute Gasteiger partial charge is 0.252 e. The molecule has 0 unspecified atom stereocenters. The minimum absolute atomic E-state index is 0.261. The second-order valence-electron chi connectivity index (χ2n) is 7.40. The van der Waals surface area contributed by atoms with Crippen LogP contribution in [0.25, 0.3) is 11.3 Å². The van der Waals surface area contributed by atoms with E-state index < -0.39 is 5.92 Å². The standard InChI is InChI=1S/C26H19ClN2O4/c1-31-24-12-10-16(14-20(24)27)21-13-11-17(32-21)15-28-29-26(30)25-18-6-2-4-8-22(18)33-23-9-5-3-7-19(23)25/h2-15,25H,1H3,(H,29,30)/b28-15-. The van der Waals surface area contributed by atoms with Crippen molar-refractivity contribution in [3.8, 4) is 28.6 Å². The zero-order valence-electron chi connectivity index (χ0n) is 17.6. The summed E-state index contributed by atoms with van der Waals surface area (Å²) in [5.74, 6) is 2.24. The first-order valence-electron chi connectivity index (χ1n) is 10.3. The van der Waals surface area contributed by atoms with Crippen molar-refractivity contribution in [1.82, 2.24) is 5.43 Å². The molecular formula is C26H19ClN2O4. The summed E-state index contributed by atoms with van der Waals surface area (Å²) in [5, 5.41) is 4.60. The Balaban J connectivity index is 1.33. The third-order valence-corrected chi connectivity index (χ3v) is 5.67. The van der Waals surface area contributed by atoms with Gasteiger partial charge in [0.05, 0.1) is 24.3 Å². The number of para-hydroxylation sites is 2. The first-order chi connectivity index (χ1) is 16.1. The lowest BCUT2D eigenvalue weighted by Gasteiger charge is -2.26. The summed E-state index contributed by atoms with van der Waals surface area (Å²) in [7, 11) is 1.56. The van der Waals surface area contributed by atoms with Crippen LogP contribution in [0.1, 0.15) is 22.8 Å². The fourth-order valence-corrected chi connectivity index (χ4v) is 4.07. The van der Waals surface area contributed by atoms with Crippen molar-refractivity contribution in [1.29, 1.82) is 0 Å². The number of rotatable bonds is 5. The number of benzene rings is 3. The van der Waals surface area contributed by atoms with Gasteiger partial charge in [0.25, 0.3) is 5.91 Å². The largest absolute Gasteiger partial charge is 0.495 e. The zero-order valence-corrected chi connectivity index (χ0v) is 18.4. The van der Waals surface area contributed by atoms with E-state index in [1.165, 1.54) is 6.21 Å². The summed E-state index contributed by atoms with van der Waals surface area (Å²) in [4.78, 5) is 13.1. The lowest BCUT2D eigenvalue weighted by atomic mass is 9.87. The third kappa shape index (κ3) is 4.08. The molecule has 6 nitrogen and oxygen atoms in total. The van der Waals surface area contributed by atoms with Gasteiger partial charge in [-0.25, -0.2) is 5.43 Å². The zero-order chi connectivity index (χ0) is 22.8. The van der Waals surface area contributed by atoms with Gasteiger partial charge in [0, 0.05) is 16.7 Å². The van der Waals surface area contributed by atoms with E-state index in [0.717, 1.165) is 16.7 Å². The molecule has 5 rings (SSSR count). The van der Waals surface area contributed by atoms with E-state index in [1.807, 2.05) is 60.7 Å². The van der Waals surface area contributed by atoms with E-state index in [1.54, 1.807) is 25.3 Å². The highest BCUT2D eigenvalue weighted by atomic mass is 35.5. The lowest BCUT2D eigenvalue weighted by Crippen LogP contribution is -2.28. The molecule has 0 fully saturated rings. The SMILES string of the molecule is COc1ccc(-c2ccc(/C=N\NC(=O)C3c4ccccc4Oc4ccccc43)o2)cc1Cl. The monoisotopic (exact) mass is 458 g/mol. The Bertz CT molecular complexity index is 1320. The van der Waals surface area contributed by atoms with Gasteiger partial charge in [0.2, 0.25) is 0 Å². The van der Waals surface area contributed by atoms with Gasteiger partial charge in [-0.2, -0.15) is 5.10 Å². The normalized spacial score (nSPS) is 12.7. The van der Waals surface area contributed by atoms with Crippen LogP contribution in [0.15, 0.2) is 88.4 Å². The highest BCUT2D eigenvalue weighted by Gasteiger charge is 2.32. The van der Waals surface area contributed by atoms with Gasteiger partial charge in [-0.3, -0.25) is 4.79 Å². The number of methoxy groups -OCH3 is 1. The van der Waals surface area contributed by atoms with Crippen LogP contribution in [0.2, 0.25) is 5.02 Å². The lowest BCUT2D eigenvalue weighted by molar-refractivity contribution is -0.121. The Labute approximate surface area is 195 Å². The maximum atomic E-state index is 13.1. The molecule has 1 aliphatic rings. The Kier molecular flexibility index (Phi) is 5.59. The second kappa shape index (κ2) is 8.84. The van der Waals surface area contributed by atoms with E-state index in [0.29, 0.717) is 33.8 Å². The summed E-state index contributed by atoms with van der Waals surface area (Å²) >= 11 is 6.20. The van der Waals surface area contributed by atoms with Crippen LogP contribution in [0.5, 0.6) is 17.2 Å². The summed E-state index contributed by atoms with van der Waals surface area (Å²) < 4.78 is 16.9. The highest BCUT2D eigenvalue weighted by molar-refractivity contribution is 6.32. The number of nitrogens with zero attached hydrogens (tertiary/aromatic N) is 1. The Hall–Kier alpha value is -4.03. The van der Waals surface area contributed by atoms with E-state index in [2.05, 4.69) is 10.5 Å². The summed E-state index contributed by atoms with van der Waals surface area (Å²) in [6, 6.07) is 24.0. The highest BCUT2D eigenvalue weighted by Crippen LogP contribution is 2.43. The van der Waals surface area contributed by atoms with Crippen LogP contribution in [0.3, 0.4) is 0 Å². The molecule has 2 heterocycles. The van der Waals surface area contributed by atoms with Gasteiger partial charge in [-0.1, -0.05) is 48.0 Å². The van der Waals surface area contributed by atoms with E-state index in [9.17, 15) is 4.79 Å². The van der Waals surface area contributed by atoms with Gasteiger partial charge in [-0.15, -0.1) is 0 Å². The van der Waals surface area contributed by atoms with Gasteiger partial charge in [0.1, 0.15) is 28.8 Å². The van der Waals surface area contributed by atoms with Crippen molar-refractivity contribution >= 4 is 23.7 Å². The van der Waals surface area contributed by atoms with Gasteiger partial charge in [0.15, 0.2) is 0 Å². The van der Waals surface area contributed by atoms with Crippen molar-refractivity contribution in [2.45, 2.75) is 5.92 Å². The fraction of sp³-hybridized carbons (Fsp3) is 0.0769. The summed E-state index contributed by atoms with van der Waals surface area (Å²) in [6.45, 7) is 0. The molecule has 1 aliphatic heterocycles. The van der Waals surface area contributed by atoms with Crippen LogP contribution in [0.4, 0.5) is 0 Å². The predicted molar refractivity (Wildman–Crippen MR) is 126 cm³/mol. The maximum Gasteiger partial charge on any atom is 0.252 e. The van der Waals surface area contributed by atoms with Crippen molar-refractivity contribution in [2.24, 2.45) is 5.10 Å². The molecule has 164 valence electrons. The first-order valence-corrected chi connectivity index (χ1v) is 10.6. The average molecular weight is 459 g/mol. The van der Waals surface area contributed by atoms with Crippen LogP contribution in [0, 0.1) is 0 Å². The van der Waals surface area contributed by atoms with Gasteiger partial charge in [-0.05, 0) is 42.5 Å². The van der Waals surface area contributed by atoms with Crippen LogP contribution >= 0.6 is 11.6 Å².